The lowest BCUT2D eigenvalue weighted by molar-refractivity contribution is 0.281. The molecule has 0 unspecified atom stereocenters. The summed E-state index contributed by atoms with van der Waals surface area (Å²) in [5.41, 5.74) is 2.35. The average Bonchev–Trinajstić information content (AvgIpc) is 3.10. The molecule has 0 spiro atoms. The first-order chi connectivity index (χ1) is 8.72. The first-order valence-electron chi connectivity index (χ1n) is 5.76. The highest BCUT2D eigenvalue weighted by molar-refractivity contribution is 7.06. The highest BCUT2D eigenvalue weighted by Gasteiger charge is 2.30. The van der Waals surface area contributed by atoms with Gasteiger partial charge in [-0.05, 0) is 42.4 Å². The largest absolute Gasteiger partial charge is 0.392 e. The molecule has 1 aliphatic carbocycles. The van der Waals surface area contributed by atoms with Gasteiger partial charge in [-0.1, -0.05) is 29.3 Å². The lowest BCUT2D eigenvalue weighted by atomic mass is 10.1. The minimum atomic E-state index is -0.0147. The standard InChI is InChI=1S/C13H11Cl2NOS/c14-9-2-1-3-10(15)11(9)12-8(6-17)13(18-16-12)7-4-5-7/h1-3,7,17H,4-6H2. The van der Waals surface area contributed by atoms with E-state index in [2.05, 4.69) is 4.37 Å². The third-order valence-electron chi connectivity index (χ3n) is 3.12. The van der Waals surface area contributed by atoms with Gasteiger partial charge in [0.05, 0.1) is 22.3 Å². The zero-order valence-electron chi connectivity index (χ0n) is 9.49. The molecule has 0 saturated heterocycles. The van der Waals surface area contributed by atoms with Crippen molar-refractivity contribution in [1.29, 1.82) is 0 Å². The molecule has 1 aliphatic rings. The van der Waals surface area contributed by atoms with E-state index in [0.29, 0.717) is 16.0 Å². The molecule has 5 heteroatoms. The van der Waals surface area contributed by atoms with Crippen LogP contribution in [0.1, 0.15) is 29.2 Å². The number of nitrogens with zero attached hydrogens (tertiary/aromatic N) is 1. The number of halogens is 2. The van der Waals surface area contributed by atoms with Crippen LogP contribution in [0.4, 0.5) is 0 Å². The lowest BCUT2D eigenvalue weighted by Crippen LogP contribution is -1.91. The molecule has 0 aliphatic heterocycles. The van der Waals surface area contributed by atoms with Gasteiger partial charge in [0.1, 0.15) is 0 Å². The molecular weight excluding hydrogens is 289 g/mol. The third-order valence-corrected chi connectivity index (χ3v) is 4.80. The Morgan fingerprint density at radius 1 is 1.28 bits per heavy atom. The van der Waals surface area contributed by atoms with Crippen LogP contribution in [0.2, 0.25) is 10.0 Å². The fourth-order valence-corrected chi connectivity index (χ4v) is 3.69. The summed E-state index contributed by atoms with van der Waals surface area (Å²) in [5, 5.41) is 10.7. The molecule has 1 aromatic carbocycles. The summed E-state index contributed by atoms with van der Waals surface area (Å²) in [4.78, 5) is 1.18. The van der Waals surface area contributed by atoms with E-state index in [1.807, 2.05) is 0 Å². The van der Waals surface area contributed by atoms with Gasteiger partial charge in [0.15, 0.2) is 0 Å². The molecule has 2 aromatic rings. The van der Waals surface area contributed by atoms with Crippen molar-refractivity contribution in [3.05, 3.63) is 38.7 Å². The number of benzene rings is 1. The van der Waals surface area contributed by atoms with Crippen LogP contribution in [-0.4, -0.2) is 9.48 Å². The minimum Gasteiger partial charge on any atom is -0.392 e. The predicted molar refractivity (Wildman–Crippen MR) is 75.5 cm³/mol. The summed E-state index contributed by atoms with van der Waals surface area (Å²) < 4.78 is 4.45. The second-order valence-corrected chi connectivity index (χ2v) is 6.02. The Morgan fingerprint density at radius 3 is 2.50 bits per heavy atom. The third kappa shape index (κ3) is 2.05. The molecule has 1 saturated carbocycles. The molecule has 0 atom stereocenters. The Balaban J connectivity index is 2.16. The van der Waals surface area contributed by atoms with Gasteiger partial charge in [0.25, 0.3) is 0 Å². The first-order valence-corrected chi connectivity index (χ1v) is 7.29. The molecular formula is C13H11Cl2NOS. The number of hydrogen-bond donors (Lipinski definition) is 1. The van der Waals surface area contributed by atoms with Crippen LogP contribution in [0.15, 0.2) is 18.2 Å². The van der Waals surface area contributed by atoms with Gasteiger partial charge in [-0.25, -0.2) is 0 Å². The highest BCUT2D eigenvalue weighted by atomic mass is 35.5. The Labute approximate surface area is 119 Å². The Bertz CT molecular complexity index is 572. The predicted octanol–water partition coefficient (Wildman–Crippen LogP) is 4.49. The van der Waals surface area contributed by atoms with Crippen molar-refractivity contribution in [2.75, 3.05) is 0 Å². The molecule has 3 rings (SSSR count). The van der Waals surface area contributed by atoms with Crippen LogP contribution in [-0.2, 0) is 6.61 Å². The van der Waals surface area contributed by atoms with Crippen LogP contribution in [0.3, 0.4) is 0 Å². The first kappa shape index (κ1) is 12.4. The van der Waals surface area contributed by atoms with Crippen molar-refractivity contribution in [1.82, 2.24) is 4.37 Å². The number of hydrogen-bond acceptors (Lipinski definition) is 3. The van der Waals surface area contributed by atoms with E-state index in [1.165, 1.54) is 29.3 Å². The molecule has 2 nitrogen and oxygen atoms in total. The molecule has 94 valence electrons. The number of aliphatic hydroxyl groups is 1. The van der Waals surface area contributed by atoms with Gasteiger partial charge >= 0.3 is 0 Å². The Hall–Kier alpha value is -0.610. The maximum absolute atomic E-state index is 9.59. The van der Waals surface area contributed by atoms with Crippen molar-refractivity contribution in [2.45, 2.75) is 25.4 Å². The molecule has 1 fully saturated rings. The highest BCUT2D eigenvalue weighted by Crippen LogP contribution is 2.47. The van der Waals surface area contributed by atoms with Gasteiger partial charge in [-0.15, -0.1) is 0 Å². The van der Waals surface area contributed by atoms with E-state index in [-0.39, 0.29) is 6.61 Å². The van der Waals surface area contributed by atoms with E-state index >= 15 is 0 Å². The van der Waals surface area contributed by atoms with Crippen molar-refractivity contribution >= 4 is 34.7 Å². The molecule has 0 radical (unpaired) electrons. The van der Waals surface area contributed by atoms with Gasteiger partial charge < -0.3 is 5.11 Å². The fraction of sp³-hybridized carbons (Fsp3) is 0.308. The molecule has 1 heterocycles. The van der Waals surface area contributed by atoms with Crippen LogP contribution in [0, 0.1) is 0 Å². The van der Waals surface area contributed by atoms with Crippen LogP contribution >= 0.6 is 34.7 Å². The zero-order chi connectivity index (χ0) is 12.7. The van der Waals surface area contributed by atoms with E-state index in [0.717, 1.165) is 16.8 Å². The monoisotopic (exact) mass is 299 g/mol. The maximum atomic E-state index is 9.59. The SMILES string of the molecule is OCc1c(-c2c(Cl)cccc2Cl)nsc1C1CC1. The van der Waals surface area contributed by atoms with Gasteiger partial charge in [0, 0.05) is 16.0 Å². The zero-order valence-corrected chi connectivity index (χ0v) is 11.8. The number of aromatic nitrogens is 1. The van der Waals surface area contributed by atoms with Gasteiger partial charge in [-0.3, -0.25) is 0 Å². The van der Waals surface area contributed by atoms with Crippen molar-refractivity contribution in [3.63, 3.8) is 0 Å². The van der Waals surface area contributed by atoms with Crippen molar-refractivity contribution in [2.24, 2.45) is 0 Å². The second kappa shape index (κ2) is 4.82. The summed E-state index contributed by atoms with van der Waals surface area (Å²) in [6.45, 7) is -0.0147. The van der Waals surface area contributed by atoms with Crippen LogP contribution in [0.5, 0.6) is 0 Å². The van der Waals surface area contributed by atoms with E-state index in [9.17, 15) is 5.11 Å². The Kier molecular flexibility index (Phi) is 3.32. The maximum Gasteiger partial charge on any atom is 0.0928 e. The van der Waals surface area contributed by atoms with E-state index in [4.69, 9.17) is 23.2 Å². The minimum absolute atomic E-state index is 0.0147. The average molecular weight is 300 g/mol. The van der Waals surface area contributed by atoms with Crippen molar-refractivity contribution in [3.8, 4) is 11.3 Å². The summed E-state index contributed by atoms with van der Waals surface area (Å²) in [6.07, 6.45) is 2.37. The van der Waals surface area contributed by atoms with E-state index in [1.54, 1.807) is 18.2 Å². The smallest absolute Gasteiger partial charge is 0.0928 e. The number of rotatable bonds is 3. The van der Waals surface area contributed by atoms with Gasteiger partial charge in [0.2, 0.25) is 0 Å². The fourth-order valence-electron chi connectivity index (χ4n) is 2.06. The second-order valence-electron chi connectivity index (χ2n) is 4.40. The normalized spacial score (nSPS) is 15.1. The van der Waals surface area contributed by atoms with Gasteiger partial charge in [-0.2, -0.15) is 4.37 Å². The molecule has 0 amide bonds. The summed E-state index contributed by atoms with van der Waals surface area (Å²) in [7, 11) is 0. The molecule has 18 heavy (non-hydrogen) atoms. The van der Waals surface area contributed by atoms with E-state index < -0.39 is 0 Å². The van der Waals surface area contributed by atoms with Crippen LogP contribution in [0.25, 0.3) is 11.3 Å². The Morgan fingerprint density at radius 2 is 1.94 bits per heavy atom. The quantitative estimate of drug-likeness (QED) is 0.906. The molecule has 0 bridgehead atoms. The summed E-state index contributed by atoms with van der Waals surface area (Å²) in [5.74, 6) is 0.569. The summed E-state index contributed by atoms with van der Waals surface area (Å²) in [6, 6.07) is 5.39. The van der Waals surface area contributed by atoms with Crippen molar-refractivity contribution < 1.29 is 5.11 Å². The molecule has 1 N–H and O–H groups in total. The summed E-state index contributed by atoms with van der Waals surface area (Å²) >= 11 is 13.8. The topological polar surface area (TPSA) is 33.1 Å². The number of aliphatic hydroxyl groups excluding tert-OH is 1. The lowest BCUT2D eigenvalue weighted by Gasteiger charge is -2.06. The van der Waals surface area contributed by atoms with Crippen LogP contribution < -0.4 is 0 Å². The molecule has 1 aromatic heterocycles.